The fraction of sp³-hybridized carbons (Fsp3) is 0.500. The Balaban J connectivity index is 2.40. The summed E-state index contributed by atoms with van der Waals surface area (Å²) in [7, 11) is 1.99. The maximum Gasteiger partial charge on any atom is 0.417 e. The van der Waals surface area contributed by atoms with Gasteiger partial charge in [0.25, 0.3) is 0 Å². The van der Waals surface area contributed by atoms with E-state index >= 15 is 0 Å². The van der Waals surface area contributed by atoms with Gasteiger partial charge < -0.3 is 15.5 Å². The van der Waals surface area contributed by atoms with Gasteiger partial charge in [0, 0.05) is 36.9 Å². The van der Waals surface area contributed by atoms with Gasteiger partial charge in [-0.25, -0.2) is 0 Å². The van der Waals surface area contributed by atoms with Crippen molar-refractivity contribution in [1.29, 1.82) is 5.41 Å². The molecule has 0 aromatic heterocycles. The zero-order chi connectivity index (χ0) is 15.8. The van der Waals surface area contributed by atoms with Crippen molar-refractivity contribution in [3.63, 3.8) is 0 Å². The summed E-state index contributed by atoms with van der Waals surface area (Å²) >= 11 is 0. The van der Waals surface area contributed by atoms with Crippen LogP contribution < -0.4 is 10.6 Å². The fourth-order valence-electron chi connectivity index (χ4n) is 2.70. The number of amidine groups is 1. The largest absolute Gasteiger partial charge is 0.417 e. The van der Waals surface area contributed by atoms with Gasteiger partial charge in [-0.1, -0.05) is 0 Å². The van der Waals surface area contributed by atoms with Crippen LogP contribution in [-0.2, 0) is 6.18 Å². The van der Waals surface area contributed by atoms with Crippen LogP contribution in [0.1, 0.15) is 18.1 Å². The molecule has 0 saturated carbocycles. The van der Waals surface area contributed by atoms with Gasteiger partial charge in [0.1, 0.15) is 5.84 Å². The Morgan fingerprint density at radius 3 is 2.52 bits per heavy atom. The molecule has 1 aromatic rings. The number of nitrogens with zero attached hydrogens (tertiary/aromatic N) is 2. The third-order valence-electron chi connectivity index (χ3n) is 3.76. The third kappa shape index (κ3) is 3.29. The molecule has 1 atom stereocenters. The van der Waals surface area contributed by atoms with E-state index in [0.717, 1.165) is 19.2 Å². The maximum atomic E-state index is 13.1. The maximum absolute atomic E-state index is 13.1. The van der Waals surface area contributed by atoms with Gasteiger partial charge in [0.05, 0.1) is 5.56 Å². The first-order chi connectivity index (χ1) is 9.70. The van der Waals surface area contributed by atoms with Crippen molar-refractivity contribution >= 4 is 11.5 Å². The molecule has 1 aliphatic rings. The predicted molar refractivity (Wildman–Crippen MR) is 76.8 cm³/mol. The number of nitrogen functional groups attached to an aromatic ring is 1. The zero-order valence-corrected chi connectivity index (χ0v) is 12.0. The molecule has 1 fully saturated rings. The van der Waals surface area contributed by atoms with Crippen molar-refractivity contribution in [3.8, 4) is 0 Å². The summed E-state index contributed by atoms with van der Waals surface area (Å²) in [6.07, 6.45) is -4.52. The predicted octanol–water partition coefficient (Wildman–Crippen LogP) is 2.13. The molecule has 1 aromatic carbocycles. The molecule has 1 unspecified atom stereocenters. The van der Waals surface area contributed by atoms with E-state index in [9.17, 15) is 13.2 Å². The van der Waals surface area contributed by atoms with Crippen LogP contribution in [0.25, 0.3) is 0 Å². The quantitative estimate of drug-likeness (QED) is 0.650. The third-order valence-corrected chi connectivity index (χ3v) is 3.76. The van der Waals surface area contributed by atoms with Crippen LogP contribution in [0.4, 0.5) is 18.9 Å². The number of benzene rings is 1. The summed E-state index contributed by atoms with van der Waals surface area (Å²) < 4.78 is 39.4. The highest BCUT2D eigenvalue weighted by Crippen LogP contribution is 2.35. The second-order valence-corrected chi connectivity index (χ2v) is 5.45. The van der Waals surface area contributed by atoms with E-state index in [4.69, 9.17) is 11.1 Å². The van der Waals surface area contributed by atoms with Crippen molar-refractivity contribution < 1.29 is 13.2 Å². The number of alkyl halides is 3. The van der Waals surface area contributed by atoms with Gasteiger partial charge in [0.2, 0.25) is 0 Å². The van der Waals surface area contributed by atoms with Crippen LogP contribution >= 0.6 is 0 Å². The first kappa shape index (κ1) is 15.6. The number of anilines is 1. The monoisotopic (exact) mass is 300 g/mol. The smallest absolute Gasteiger partial charge is 0.384 e. The van der Waals surface area contributed by atoms with Gasteiger partial charge in [-0.05, 0) is 32.2 Å². The summed E-state index contributed by atoms with van der Waals surface area (Å²) in [5.74, 6) is -0.569. The van der Waals surface area contributed by atoms with Crippen molar-refractivity contribution in [3.05, 3.63) is 29.3 Å². The van der Waals surface area contributed by atoms with E-state index < -0.39 is 17.6 Å². The van der Waals surface area contributed by atoms with Crippen LogP contribution in [0.3, 0.4) is 0 Å². The summed E-state index contributed by atoms with van der Waals surface area (Å²) in [5, 5.41) is 7.29. The molecule has 0 bridgehead atoms. The molecular weight excluding hydrogens is 281 g/mol. The Bertz CT molecular complexity index is 542. The first-order valence-corrected chi connectivity index (χ1v) is 6.71. The number of likely N-dealkylation sites (N-methyl/N-ethyl adjacent to an activating group) is 1. The van der Waals surface area contributed by atoms with Crippen LogP contribution in [0, 0.1) is 5.41 Å². The highest BCUT2D eigenvalue weighted by Gasteiger charge is 2.35. The number of piperazine rings is 1. The Labute approximate surface area is 121 Å². The molecular formula is C14H19F3N4. The average molecular weight is 300 g/mol. The number of halogens is 3. The minimum Gasteiger partial charge on any atom is -0.384 e. The van der Waals surface area contributed by atoms with Gasteiger partial charge in [0.15, 0.2) is 0 Å². The molecule has 3 N–H and O–H groups in total. The van der Waals surface area contributed by atoms with Crippen molar-refractivity contribution in [2.45, 2.75) is 19.1 Å². The molecule has 0 radical (unpaired) electrons. The Morgan fingerprint density at radius 2 is 2.00 bits per heavy atom. The lowest BCUT2D eigenvalue weighted by Gasteiger charge is -2.40. The summed E-state index contributed by atoms with van der Waals surface area (Å²) in [6.45, 7) is 4.27. The van der Waals surface area contributed by atoms with Crippen LogP contribution in [0.5, 0.6) is 0 Å². The van der Waals surface area contributed by atoms with E-state index in [1.807, 2.05) is 18.9 Å². The standard InChI is InChI=1S/C14H19F3N4/c1-9-8-20(2)5-6-21(9)10-3-4-11(13(18)19)12(7-10)14(15,16)17/h3-4,7,9H,5-6,8H2,1-2H3,(H3,18,19). The number of rotatable bonds is 2. The Kier molecular flexibility index (Phi) is 4.13. The van der Waals surface area contributed by atoms with Gasteiger partial charge in [-0.15, -0.1) is 0 Å². The average Bonchev–Trinajstić information content (AvgIpc) is 2.37. The van der Waals surface area contributed by atoms with E-state index in [1.165, 1.54) is 6.07 Å². The fourth-order valence-corrected chi connectivity index (χ4v) is 2.70. The molecule has 0 amide bonds. The first-order valence-electron chi connectivity index (χ1n) is 6.71. The minimum absolute atomic E-state index is 0.132. The van der Waals surface area contributed by atoms with Crippen LogP contribution in [0.15, 0.2) is 18.2 Å². The highest BCUT2D eigenvalue weighted by atomic mass is 19.4. The van der Waals surface area contributed by atoms with Crippen LogP contribution in [-0.4, -0.2) is 43.5 Å². The molecule has 116 valence electrons. The van der Waals surface area contributed by atoms with Crippen LogP contribution in [0.2, 0.25) is 0 Å². The Morgan fingerprint density at radius 1 is 1.33 bits per heavy atom. The van der Waals surface area contributed by atoms with Gasteiger partial charge >= 0.3 is 6.18 Å². The number of nitrogens with two attached hydrogens (primary N) is 1. The van der Waals surface area contributed by atoms with E-state index in [1.54, 1.807) is 6.07 Å². The zero-order valence-electron chi connectivity index (χ0n) is 12.0. The van der Waals surface area contributed by atoms with E-state index in [2.05, 4.69) is 4.90 Å². The molecule has 4 nitrogen and oxygen atoms in total. The lowest BCUT2D eigenvalue weighted by molar-refractivity contribution is -0.137. The molecule has 1 saturated heterocycles. The SMILES string of the molecule is CC1CN(C)CCN1c1ccc(C(=N)N)c(C(F)(F)F)c1. The topological polar surface area (TPSA) is 56.4 Å². The van der Waals surface area contributed by atoms with Gasteiger partial charge in [-0.2, -0.15) is 13.2 Å². The number of nitrogens with one attached hydrogen (secondary N) is 1. The Hall–Kier alpha value is -1.76. The second-order valence-electron chi connectivity index (χ2n) is 5.45. The lowest BCUT2D eigenvalue weighted by atomic mass is 10.0. The summed E-state index contributed by atoms with van der Waals surface area (Å²) in [4.78, 5) is 4.11. The lowest BCUT2D eigenvalue weighted by Crippen LogP contribution is -2.50. The molecule has 1 aliphatic heterocycles. The molecule has 7 heteroatoms. The second kappa shape index (κ2) is 5.55. The number of hydrogen-bond donors (Lipinski definition) is 2. The summed E-state index contributed by atoms with van der Waals surface area (Å²) in [6, 6.07) is 4.12. The van der Waals surface area contributed by atoms with E-state index in [0.29, 0.717) is 12.2 Å². The molecule has 2 rings (SSSR count). The summed E-state index contributed by atoms with van der Waals surface area (Å²) in [5.41, 5.74) is 4.65. The molecule has 0 aliphatic carbocycles. The number of hydrogen-bond acceptors (Lipinski definition) is 3. The van der Waals surface area contributed by atoms with E-state index in [-0.39, 0.29) is 11.6 Å². The highest BCUT2D eigenvalue weighted by molar-refractivity contribution is 5.97. The van der Waals surface area contributed by atoms with Crippen molar-refractivity contribution in [2.24, 2.45) is 5.73 Å². The molecule has 0 spiro atoms. The molecule has 1 heterocycles. The molecule has 21 heavy (non-hydrogen) atoms. The minimum atomic E-state index is -4.52. The van der Waals surface area contributed by atoms with Gasteiger partial charge in [-0.3, -0.25) is 5.41 Å². The van der Waals surface area contributed by atoms with Crippen molar-refractivity contribution in [1.82, 2.24) is 4.90 Å². The van der Waals surface area contributed by atoms with Crippen molar-refractivity contribution in [2.75, 3.05) is 31.6 Å². The normalized spacial score (nSPS) is 20.6.